The van der Waals surface area contributed by atoms with Crippen LogP contribution < -0.4 is 11.5 Å². The third kappa shape index (κ3) is 5.07. The minimum Gasteiger partial charge on any atom is -0.400 e. The lowest BCUT2D eigenvalue weighted by Crippen LogP contribution is -2.13. The molecule has 0 radical (unpaired) electrons. The summed E-state index contributed by atoms with van der Waals surface area (Å²) < 4.78 is 0. The summed E-state index contributed by atoms with van der Waals surface area (Å²) in [6.07, 6.45) is 1.07. The van der Waals surface area contributed by atoms with Crippen molar-refractivity contribution in [2.45, 2.75) is 0 Å². The SMILES string of the molecule is COOC/C(N)=C/C(N)=O. The summed E-state index contributed by atoms with van der Waals surface area (Å²) in [7, 11) is 1.34. The van der Waals surface area contributed by atoms with Crippen molar-refractivity contribution >= 4 is 5.91 Å². The van der Waals surface area contributed by atoms with Crippen molar-refractivity contribution in [1.29, 1.82) is 0 Å². The van der Waals surface area contributed by atoms with Crippen LogP contribution in [0.2, 0.25) is 0 Å². The Labute approximate surface area is 58.5 Å². The molecule has 0 aromatic rings. The molecule has 0 saturated heterocycles. The Morgan fingerprint density at radius 3 is 2.60 bits per heavy atom. The van der Waals surface area contributed by atoms with E-state index in [-0.39, 0.29) is 12.3 Å². The summed E-state index contributed by atoms with van der Waals surface area (Å²) in [4.78, 5) is 18.8. The maximum Gasteiger partial charge on any atom is 0.243 e. The van der Waals surface area contributed by atoms with E-state index in [1.807, 2.05) is 0 Å². The largest absolute Gasteiger partial charge is 0.400 e. The van der Waals surface area contributed by atoms with Crippen molar-refractivity contribution < 1.29 is 14.6 Å². The van der Waals surface area contributed by atoms with Crippen molar-refractivity contribution in [2.75, 3.05) is 13.7 Å². The maximum absolute atomic E-state index is 10.1. The third-order valence-electron chi connectivity index (χ3n) is 0.671. The third-order valence-corrected chi connectivity index (χ3v) is 0.671. The predicted molar refractivity (Wildman–Crippen MR) is 34.4 cm³/mol. The first-order chi connectivity index (χ1) is 4.66. The van der Waals surface area contributed by atoms with Crippen LogP contribution in [-0.2, 0) is 14.6 Å². The van der Waals surface area contributed by atoms with Crippen molar-refractivity contribution in [2.24, 2.45) is 11.5 Å². The Hall–Kier alpha value is -1.07. The van der Waals surface area contributed by atoms with E-state index in [1.165, 1.54) is 7.11 Å². The van der Waals surface area contributed by atoms with Gasteiger partial charge in [0, 0.05) is 11.8 Å². The van der Waals surface area contributed by atoms with E-state index in [0.717, 1.165) is 6.08 Å². The standard InChI is InChI=1S/C5H10N2O3/c1-9-10-3-4(6)2-5(7)8/h2H,3,6H2,1H3,(H2,7,8)/b4-2-. The zero-order valence-corrected chi connectivity index (χ0v) is 5.66. The van der Waals surface area contributed by atoms with Crippen LogP contribution in [0.3, 0.4) is 0 Å². The molecule has 5 nitrogen and oxygen atoms in total. The lowest BCUT2D eigenvalue weighted by atomic mass is 10.4. The van der Waals surface area contributed by atoms with Crippen LogP contribution in [0.25, 0.3) is 0 Å². The van der Waals surface area contributed by atoms with Gasteiger partial charge in [-0.3, -0.25) is 4.79 Å². The average Bonchev–Trinajstić information content (AvgIpc) is 1.82. The second kappa shape index (κ2) is 4.78. The van der Waals surface area contributed by atoms with Crippen LogP contribution in [0.4, 0.5) is 0 Å². The monoisotopic (exact) mass is 146 g/mol. The first-order valence-corrected chi connectivity index (χ1v) is 2.58. The molecule has 0 bridgehead atoms. The average molecular weight is 146 g/mol. The van der Waals surface area contributed by atoms with Gasteiger partial charge in [-0.05, 0) is 0 Å². The molecule has 4 N–H and O–H groups in total. The van der Waals surface area contributed by atoms with Gasteiger partial charge in [-0.2, -0.15) is 0 Å². The molecule has 0 unspecified atom stereocenters. The summed E-state index contributed by atoms with van der Waals surface area (Å²) in [5.74, 6) is -0.600. The molecule has 10 heavy (non-hydrogen) atoms. The maximum atomic E-state index is 10.1. The van der Waals surface area contributed by atoms with Crippen molar-refractivity contribution in [3.63, 3.8) is 0 Å². The molecule has 0 atom stereocenters. The fourth-order valence-corrected chi connectivity index (χ4v) is 0.351. The molecule has 5 heteroatoms. The van der Waals surface area contributed by atoms with Crippen LogP contribution in [-0.4, -0.2) is 19.6 Å². The highest BCUT2D eigenvalue weighted by Crippen LogP contribution is 1.84. The van der Waals surface area contributed by atoms with E-state index in [4.69, 9.17) is 11.5 Å². The van der Waals surface area contributed by atoms with E-state index in [2.05, 4.69) is 9.78 Å². The number of rotatable bonds is 4. The number of carbonyl (C=O) groups excluding carboxylic acids is 1. The fraction of sp³-hybridized carbons (Fsp3) is 0.400. The van der Waals surface area contributed by atoms with Gasteiger partial charge in [0.05, 0.1) is 7.11 Å². The molecule has 1 amide bonds. The number of hydrogen-bond donors (Lipinski definition) is 2. The number of primary amides is 1. The Kier molecular flexibility index (Phi) is 4.26. The molecule has 0 saturated carbocycles. The highest BCUT2D eigenvalue weighted by Gasteiger charge is 1.92. The van der Waals surface area contributed by atoms with E-state index in [9.17, 15) is 4.79 Å². The van der Waals surface area contributed by atoms with Gasteiger partial charge in [0.2, 0.25) is 5.91 Å². The predicted octanol–water partition coefficient (Wildman–Crippen LogP) is -1.11. The van der Waals surface area contributed by atoms with Crippen LogP contribution in [0.1, 0.15) is 0 Å². The first-order valence-electron chi connectivity index (χ1n) is 2.58. The van der Waals surface area contributed by atoms with Crippen molar-refractivity contribution in [3.05, 3.63) is 11.8 Å². The minimum absolute atomic E-state index is 0.0411. The highest BCUT2D eigenvalue weighted by molar-refractivity contribution is 5.86. The number of nitrogens with two attached hydrogens (primary N) is 2. The molecule has 0 aliphatic rings. The van der Waals surface area contributed by atoms with Crippen LogP contribution in [0.5, 0.6) is 0 Å². The zero-order chi connectivity index (χ0) is 7.98. The number of hydrogen-bond acceptors (Lipinski definition) is 4. The molecule has 0 aliphatic carbocycles. The summed E-state index contributed by atoms with van der Waals surface area (Å²) in [5, 5.41) is 0. The number of amides is 1. The molecule has 0 aromatic heterocycles. The van der Waals surface area contributed by atoms with Gasteiger partial charge in [0.25, 0.3) is 0 Å². The fourth-order valence-electron chi connectivity index (χ4n) is 0.351. The first kappa shape index (κ1) is 8.93. The summed E-state index contributed by atoms with van der Waals surface area (Å²) in [6, 6.07) is 0. The molecular formula is C5H10N2O3. The molecule has 0 rings (SSSR count). The van der Waals surface area contributed by atoms with Gasteiger partial charge in [-0.1, -0.05) is 0 Å². The summed E-state index contributed by atoms with van der Waals surface area (Å²) >= 11 is 0. The smallest absolute Gasteiger partial charge is 0.243 e. The second-order valence-corrected chi connectivity index (χ2v) is 1.55. The Morgan fingerprint density at radius 2 is 2.20 bits per heavy atom. The van der Waals surface area contributed by atoms with Gasteiger partial charge in [0.15, 0.2) is 0 Å². The molecular weight excluding hydrogens is 136 g/mol. The normalized spacial score (nSPS) is 11.5. The molecule has 0 aliphatic heterocycles. The quantitative estimate of drug-likeness (QED) is 0.299. The van der Waals surface area contributed by atoms with Gasteiger partial charge in [0.1, 0.15) is 6.61 Å². The summed E-state index contributed by atoms with van der Waals surface area (Å²) in [5.41, 5.74) is 10.2. The van der Waals surface area contributed by atoms with Crippen molar-refractivity contribution in [3.8, 4) is 0 Å². The van der Waals surface area contributed by atoms with Gasteiger partial charge in [-0.15, -0.1) is 0 Å². The lowest BCUT2D eigenvalue weighted by Gasteiger charge is -1.97. The second-order valence-electron chi connectivity index (χ2n) is 1.55. The minimum atomic E-state index is -0.600. The molecule has 0 spiro atoms. The van der Waals surface area contributed by atoms with E-state index in [0.29, 0.717) is 0 Å². The Morgan fingerprint density at radius 1 is 1.60 bits per heavy atom. The van der Waals surface area contributed by atoms with E-state index in [1.54, 1.807) is 0 Å². The van der Waals surface area contributed by atoms with Gasteiger partial charge in [-0.25, -0.2) is 9.78 Å². The highest BCUT2D eigenvalue weighted by atomic mass is 17.2. The van der Waals surface area contributed by atoms with E-state index >= 15 is 0 Å². The molecule has 0 heterocycles. The van der Waals surface area contributed by atoms with E-state index < -0.39 is 5.91 Å². The van der Waals surface area contributed by atoms with Gasteiger partial charge < -0.3 is 11.5 Å². The lowest BCUT2D eigenvalue weighted by molar-refractivity contribution is -0.265. The van der Waals surface area contributed by atoms with Gasteiger partial charge >= 0.3 is 0 Å². The van der Waals surface area contributed by atoms with Crippen LogP contribution >= 0.6 is 0 Å². The summed E-state index contributed by atoms with van der Waals surface area (Å²) in [6.45, 7) is 0.0411. The van der Waals surface area contributed by atoms with Crippen molar-refractivity contribution in [1.82, 2.24) is 0 Å². The Bertz CT molecular complexity index is 144. The Balaban J connectivity index is 3.60. The van der Waals surface area contributed by atoms with Crippen LogP contribution in [0, 0.1) is 0 Å². The molecule has 58 valence electrons. The molecule has 0 aromatic carbocycles. The zero-order valence-electron chi connectivity index (χ0n) is 5.66. The number of carbonyl (C=O) groups is 1. The topological polar surface area (TPSA) is 87.6 Å². The van der Waals surface area contributed by atoms with Crippen LogP contribution in [0.15, 0.2) is 11.8 Å². The molecule has 0 fully saturated rings.